The molecule has 2 rings (SSSR count). The van der Waals surface area contributed by atoms with Gasteiger partial charge in [0, 0.05) is 12.3 Å². The molecule has 0 aliphatic heterocycles. The molecular weight excluding hydrogens is 205 g/mol. The summed E-state index contributed by atoms with van der Waals surface area (Å²) in [6, 6.07) is 6.80. The molecule has 0 aliphatic rings. The molecule has 0 radical (unpaired) electrons. The number of anilines is 1. The van der Waals surface area contributed by atoms with Crippen LogP contribution in [0.25, 0.3) is 5.69 Å². The summed E-state index contributed by atoms with van der Waals surface area (Å²) in [7, 11) is 0. The highest BCUT2D eigenvalue weighted by molar-refractivity contribution is 5.38. The largest absolute Gasteiger partial charge is 0.382 e. The van der Waals surface area contributed by atoms with Crippen molar-refractivity contribution in [3.63, 3.8) is 0 Å². The van der Waals surface area contributed by atoms with E-state index < -0.39 is 0 Å². The van der Waals surface area contributed by atoms with Gasteiger partial charge in [-0.2, -0.15) is 5.10 Å². The Morgan fingerprint density at radius 3 is 2.56 bits per heavy atom. The molecule has 2 N–H and O–H groups in total. The third-order valence-electron chi connectivity index (χ3n) is 2.49. The normalized spacial score (nSPS) is 11.0. The van der Waals surface area contributed by atoms with Crippen LogP contribution in [0.15, 0.2) is 30.5 Å². The molecule has 2 aromatic rings. The van der Waals surface area contributed by atoms with Gasteiger partial charge in [-0.25, -0.2) is 9.07 Å². The lowest BCUT2D eigenvalue weighted by Crippen LogP contribution is -2.01. The number of rotatable bonds is 2. The molecule has 0 atom stereocenters. The summed E-state index contributed by atoms with van der Waals surface area (Å²) in [6.07, 6.45) is 1.64. The monoisotopic (exact) mass is 219 g/mol. The molecule has 1 aromatic heterocycles. The maximum absolute atomic E-state index is 13.8. The molecule has 0 saturated carbocycles. The Morgan fingerprint density at radius 1 is 1.31 bits per heavy atom. The first-order valence-corrected chi connectivity index (χ1v) is 5.19. The molecule has 1 heterocycles. The van der Waals surface area contributed by atoms with Crippen LogP contribution in [0.1, 0.15) is 25.3 Å². The average Bonchev–Trinajstić information content (AvgIpc) is 2.64. The number of nitrogen functional groups attached to an aromatic ring is 1. The van der Waals surface area contributed by atoms with Crippen LogP contribution >= 0.6 is 0 Å². The van der Waals surface area contributed by atoms with Gasteiger partial charge in [-0.3, -0.25) is 0 Å². The summed E-state index contributed by atoms with van der Waals surface area (Å²) < 4.78 is 15.2. The second kappa shape index (κ2) is 3.96. The van der Waals surface area contributed by atoms with Gasteiger partial charge >= 0.3 is 0 Å². The minimum atomic E-state index is -0.283. The summed E-state index contributed by atoms with van der Waals surface area (Å²) in [5, 5.41) is 3.97. The average molecular weight is 219 g/mol. The number of halogens is 1. The van der Waals surface area contributed by atoms with Gasteiger partial charge < -0.3 is 5.73 Å². The van der Waals surface area contributed by atoms with E-state index in [9.17, 15) is 4.39 Å². The third-order valence-corrected chi connectivity index (χ3v) is 2.49. The van der Waals surface area contributed by atoms with Crippen molar-refractivity contribution < 1.29 is 4.39 Å². The number of nitrogens with zero attached hydrogens (tertiary/aromatic N) is 2. The van der Waals surface area contributed by atoms with Crippen molar-refractivity contribution in [2.45, 2.75) is 19.8 Å². The minimum Gasteiger partial charge on any atom is -0.382 e. The Balaban J connectivity index is 2.44. The quantitative estimate of drug-likeness (QED) is 0.844. The van der Waals surface area contributed by atoms with E-state index in [-0.39, 0.29) is 5.82 Å². The SMILES string of the molecule is CC(C)c1ccc(-n2ccc(N)n2)c(F)c1. The summed E-state index contributed by atoms with van der Waals surface area (Å²) >= 11 is 0. The minimum absolute atomic E-state index is 0.283. The molecule has 0 aliphatic carbocycles. The van der Waals surface area contributed by atoms with Gasteiger partial charge in [0.1, 0.15) is 17.3 Å². The van der Waals surface area contributed by atoms with E-state index >= 15 is 0 Å². The zero-order valence-corrected chi connectivity index (χ0v) is 9.31. The molecule has 84 valence electrons. The van der Waals surface area contributed by atoms with Crippen LogP contribution in [0.2, 0.25) is 0 Å². The van der Waals surface area contributed by atoms with Crippen molar-refractivity contribution in [1.29, 1.82) is 0 Å². The van der Waals surface area contributed by atoms with E-state index in [1.54, 1.807) is 18.3 Å². The molecule has 1 aromatic carbocycles. The Bertz CT molecular complexity index is 503. The van der Waals surface area contributed by atoms with Crippen LogP contribution in [0.5, 0.6) is 0 Å². The summed E-state index contributed by atoms with van der Waals surface area (Å²) in [4.78, 5) is 0. The maximum atomic E-state index is 13.8. The number of aromatic nitrogens is 2. The highest BCUT2D eigenvalue weighted by atomic mass is 19.1. The molecular formula is C12H14FN3. The molecule has 0 spiro atoms. The van der Waals surface area contributed by atoms with Crippen molar-refractivity contribution in [3.05, 3.63) is 41.8 Å². The first-order valence-electron chi connectivity index (χ1n) is 5.19. The summed E-state index contributed by atoms with van der Waals surface area (Å²) in [5.41, 5.74) is 6.88. The second-order valence-electron chi connectivity index (χ2n) is 4.05. The van der Waals surface area contributed by atoms with Gasteiger partial charge in [-0.15, -0.1) is 0 Å². The number of benzene rings is 1. The fourth-order valence-corrected chi connectivity index (χ4v) is 1.54. The van der Waals surface area contributed by atoms with E-state index in [2.05, 4.69) is 5.10 Å². The number of hydrogen-bond donors (Lipinski definition) is 1. The van der Waals surface area contributed by atoms with E-state index in [4.69, 9.17) is 5.73 Å². The van der Waals surface area contributed by atoms with Crippen LogP contribution in [-0.2, 0) is 0 Å². The Kier molecular flexibility index (Phi) is 2.64. The lowest BCUT2D eigenvalue weighted by Gasteiger charge is -2.08. The summed E-state index contributed by atoms with van der Waals surface area (Å²) in [6.45, 7) is 4.06. The summed E-state index contributed by atoms with van der Waals surface area (Å²) in [5.74, 6) is 0.410. The molecule has 0 fully saturated rings. The molecule has 0 saturated heterocycles. The van der Waals surface area contributed by atoms with Crippen molar-refractivity contribution in [3.8, 4) is 5.69 Å². The van der Waals surface area contributed by atoms with Gasteiger partial charge in [0.05, 0.1) is 0 Å². The highest BCUT2D eigenvalue weighted by Crippen LogP contribution is 2.20. The molecule has 0 unspecified atom stereocenters. The van der Waals surface area contributed by atoms with Gasteiger partial charge in [0.15, 0.2) is 0 Å². The van der Waals surface area contributed by atoms with Crippen LogP contribution in [0, 0.1) is 5.82 Å². The standard InChI is InChI=1S/C12H14FN3/c1-8(2)9-3-4-11(10(13)7-9)16-6-5-12(14)15-16/h3-8H,1-2H3,(H2,14,15). The van der Waals surface area contributed by atoms with E-state index in [1.165, 1.54) is 10.7 Å². The van der Waals surface area contributed by atoms with Crippen molar-refractivity contribution >= 4 is 5.82 Å². The maximum Gasteiger partial charge on any atom is 0.149 e. The number of hydrogen-bond acceptors (Lipinski definition) is 2. The van der Waals surface area contributed by atoms with Gasteiger partial charge in [0.25, 0.3) is 0 Å². The zero-order chi connectivity index (χ0) is 11.7. The first-order chi connectivity index (χ1) is 7.58. The fourth-order valence-electron chi connectivity index (χ4n) is 1.54. The van der Waals surface area contributed by atoms with Crippen molar-refractivity contribution in [1.82, 2.24) is 9.78 Å². The van der Waals surface area contributed by atoms with Crippen LogP contribution < -0.4 is 5.73 Å². The molecule has 0 amide bonds. The van der Waals surface area contributed by atoms with Crippen LogP contribution in [0.3, 0.4) is 0 Å². The Hall–Kier alpha value is -1.84. The predicted octanol–water partition coefficient (Wildman–Crippen LogP) is 2.72. The van der Waals surface area contributed by atoms with E-state index in [0.717, 1.165) is 5.56 Å². The van der Waals surface area contributed by atoms with E-state index in [0.29, 0.717) is 17.4 Å². The molecule has 4 heteroatoms. The zero-order valence-electron chi connectivity index (χ0n) is 9.31. The fraction of sp³-hybridized carbons (Fsp3) is 0.250. The van der Waals surface area contributed by atoms with Crippen molar-refractivity contribution in [2.75, 3.05) is 5.73 Å². The molecule has 0 bridgehead atoms. The lowest BCUT2D eigenvalue weighted by molar-refractivity contribution is 0.607. The highest BCUT2D eigenvalue weighted by Gasteiger charge is 2.08. The second-order valence-corrected chi connectivity index (χ2v) is 4.05. The predicted molar refractivity (Wildman–Crippen MR) is 62.0 cm³/mol. The lowest BCUT2D eigenvalue weighted by atomic mass is 10.0. The molecule has 3 nitrogen and oxygen atoms in total. The smallest absolute Gasteiger partial charge is 0.149 e. The molecule has 16 heavy (non-hydrogen) atoms. The van der Waals surface area contributed by atoms with Crippen LogP contribution in [-0.4, -0.2) is 9.78 Å². The first kappa shape index (κ1) is 10.7. The van der Waals surface area contributed by atoms with Crippen LogP contribution in [0.4, 0.5) is 10.2 Å². The van der Waals surface area contributed by atoms with Crippen molar-refractivity contribution in [2.24, 2.45) is 0 Å². The topological polar surface area (TPSA) is 43.8 Å². The Morgan fingerprint density at radius 2 is 2.06 bits per heavy atom. The Labute approximate surface area is 93.7 Å². The van der Waals surface area contributed by atoms with Gasteiger partial charge in [-0.05, 0) is 23.6 Å². The van der Waals surface area contributed by atoms with E-state index in [1.807, 2.05) is 19.9 Å². The van der Waals surface area contributed by atoms with Gasteiger partial charge in [0.2, 0.25) is 0 Å². The van der Waals surface area contributed by atoms with Gasteiger partial charge in [-0.1, -0.05) is 19.9 Å². The third kappa shape index (κ3) is 1.91. The number of nitrogens with two attached hydrogens (primary N) is 1.